The van der Waals surface area contributed by atoms with E-state index in [1.54, 1.807) is 20.8 Å². The third-order valence-corrected chi connectivity index (χ3v) is 2.06. The lowest BCUT2D eigenvalue weighted by Crippen LogP contribution is -2.48. The molecule has 124 valence electrons. The van der Waals surface area contributed by atoms with Gasteiger partial charge < -0.3 is 15.2 Å². The molecule has 0 aliphatic heterocycles. The maximum atomic E-state index is 11.7. The number of rotatable bonds is 4. The van der Waals surface area contributed by atoms with Crippen LogP contribution in [0.4, 0.5) is 4.79 Å². The number of hydrogen-bond acceptors (Lipinski definition) is 4. The van der Waals surface area contributed by atoms with Gasteiger partial charge in [-0.15, -0.1) is 0 Å². The average molecular weight is 304 g/mol. The first-order valence-electron chi connectivity index (χ1n) is 6.91. The molecule has 1 atom stereocenters. The van der Waals surface area contributed by atoms with Gasteiger partial charge in [-0.1, -0.05) is 20.3 Å². The Labute approximate surface area is 126 Å². The standard InChI is InChI=1S/C11H20N2O5.C3H8/c1-7(9(16)12-6-8(14)15)13(5)10(17)18-11(2,3)4;1-3-2/h7H,6H2,1-5H3,(H,12,16)(H,14,15);3H2,1-2H3. The molecular weight excluding hydrogens is 276 g/mol. The van der Waals surface area contributed by atoms with E-state index >= 15 is 0 Å². The summed E-state index contributed by atoms with van der Waals surface area (Å²) < 4.78 is 5.09. The molecule has 0 saturated carbocycles. The van der Waals surface area contributed by atoms with Crippen LogP contribution in [0.2, 0.25) is 0 Å². The molecule has 7 heteroatoms. The van der Waals surface area contributed by atoms with E-state index in [4.69, 9.17) is 9.84 Å². The fourth-order valence-electron chi connectivity index (χ4n) is 0.978. The highest BCUT2D eigenvalue weighted by Gasteiger charge is 2.26. The van der Waals surface area contributed by atoms with Gasteiger partial charge in [-0.3, -0.25) is 14.5 Å². The fraction of sp³-hybridized carbons (Fsp3) is 0.786. The molecule has 0 aliphatic rings. The van der Waals surface area contributed by atoms with Crippen LogP contribution < -0.4 is 5.32 Å². The van der Waals surface area contributed by atoms with Crippen LogP contribution in [0.1, 0.15) is 48.0 Å². The summed E-state index contributed by atoms with van der Waals surface area (Å²) in [6, 6.07) is -0.806. The monoisotopic (exact) mass is 304 g/mol. The Morgan fingerprint density at radius 2 is 1.67 bits per heavy atom. The molecule has 2 amide bonds. The van der Waals surface area contributed by atoms with Gasteiger partial charge >= 0.3 is 12.1 Å². The van der Waals surface area contributed by atoms with E-state index < -0.39 is 36.2 Å². The van der Waals surface area contributed by atoms with Gasteiger partial charge in [0.1, 0.15) is 18.2 Å². The molecule has 0 rings (SSSR count). The van der Waals surface area contributed by atoms with Crippen LogP contribution >= 0.6 is 0 Å². The van der Waals surface area contributed by atoms with E-state index in [1.807, 2.05) is 0 Å². The Morgan fingerprint density at radius 1 is 1.24 bits per heavy atom. The lowest BCUT2D eigenvalue weighted by Gasteiger charge is -2.27. The first-order valence-corrected chi connectivity index (χ1v) is 6.91. The van der Waals surface area contributed by atoms with Gasteiger partial charge in [-0.25, -0.2) is 4.79 Å². The SMILES string of the molecule is CC(C(=O)NCC(=O)O)N(C)C(=O)OC(C)(C)C.CCC. The first kappa shape index (κ1) is 21.5. The molecule has 0 aliphatic carbocycles. The minimum atomic E-state index is -1.14. The van der Waals surface area contributed by atoms with Crippen LogP contribution in [0.5, 0.6) is 0 Å². The van der Waals surface area contributed by atoms with Crippen LogP contribution in [0.3, 0.4) is 0 Å². The van der Waals surface area contributed by atoms with Crippen LogP contribution in [0, 0.1) is 0 Å². The van der Waals surface area contributed by atoms with Crippen molar-refractivity contribution in [2.45, 2.75) is 59.6 Å². The van der Waals surface area contributed by atoms with Crippen molar-refractivity contribution in [2.24, 2.45) is 0 Å². The van der Waals surface area contributed by atoms with E-state index in [-0.39, 0.29) is 0 Å². The third-order valence-electron chi connectivity index (χ3n) is 2.06. The molecule has 0 saturated heterocycles. The highest BCUT2D eigenvalue weighted by atomic mass is 16.6. The van der Waals surface area contributed by atoms with E-state index in [9.17, 15) is 14.4 Å². The van der Waals surface area contributed by atoms with E-state index in [2.05, 4.69) is 19.2 Å². The molecule has 0 aromatic heterocycles. The summed E-state index contributed by atoms with van der Waals surface area (Å²) in [4.78, 5) is 34.6. The van der Waals surface area contributed by atoms with Crippen molar-refractivity contribution < 1.29 is 24.2 Å². The van der Waals surface area contributed by atoms with Gasteiger partial charge in [0, 0.05) is 7.05 Å². The molecule has 0 aromatic carbocycles. The number of nitrogens with zero attached hydrogens (tertiary/aromatic N) is 1. The summed E-state index contributed by atoms with van der Waals surface area (Å²) >= 11 is 0. The summed E-state index contributed by atoms with van der Waals surface area (Å²) in [5.74, 6) is -1.69. The lowest BCUT2D eigenvalue weighted by molar-refractivity contribution is -0.138. The first-order chi connectivity index (χ1) is 9.46. The average Bonchev–Trinajstić information content (AvgIpc) is 2.32. The molecule has 0 aromatic rings. The number of carbonyl (C=O) groups excluding carboxylic acids is 2. The van der Waals surface area contributed by atoms with Crippen LogP contribution in [-0.4, -0.2) is 53.2 Å². The molecule has 2 N–H and O–H groups in total. The maximum Gasteiger partial charge on any atom is 0.410 e. The van der Waals surface area contributed by atoms with Gasteiger partial charge in [0.05, 0.1) is 0 Å². The zero-order valence-corrected chi connectivity index (χ0v) is 14.0. The number of nitrogens with one attached hydrogen (secondary N) is 1. The minimum Gasteiger partial charge on any atom is -0.480 e. The van der Waals surface area contributed by atoms with Gasteiger partial charge in [0.15, 0.2) is 0 Å². The van der Waals surface area contributed by atoms with Gasteiger partial charge in [-0.05, 0) is 27.7 Å². The van der Waals surface area contributed by atoms with Crippen molar-refractivity contribution in [3.8, 4) is 0 Å². The van der Waals surface area contributed by atoms with Gasteiger partial charge in [-0.2, -0.15) is 0 Å². The topological polar surface area (TPSA) is 95.9 Å². The molecule has 0 spiro atoms. The predicted molar refractivity (Wildman–Crippen MR) is 80.1 cm³/mol. The predicted octanol–water partition coefficient (Wildman–Crippen LogP) is 1.86. The second kappa shape index (κ2) is 10.0. The second-order valence-corrected chi connectivity index (χ2v) is 5.59. The molecule has 0 fully saturated rings. The molecule has 7 nitrogen and oxygen atoms in total. The number of ether oxygens (including phenoxy) is 1. The second-order valence-electron chi connectivity index (χ2n) is 5.59. The molecule has 21 heavy (non-hydrogen) atoms. The van der Waals surface area contributed by atoms with Crippen molar-refractivity contribution in [1.82, 2.24) is 10.2 Å². The smallest absolute Gasteiger partial charge is 0.410 e. The van der Waals surface area contributed by atoms with Crippen molar-refractivity contribution >= 4 is 18.0 Å². The number of aliphatic carboxylic acids is 1. The van der Waals surface area contributed by atoms with E-state index in [0.717, 1.165) is 4.90 Å². The van der Waals surface area contributed by atoms with Crippen LogP contribution in [0.25, 0.3) is 0 Å². The molecule has 0 bridgehead atoms. The highest BCUT2D eigenvalue weighted by molar-refractivity contribution is 5.87. The van der Waals surface area contributed by atoms with Crippen molar-refractivity contribution in [3.63, 3.8) is 0 Å². The van der Waals surface area contributed by atoms with E-state index in [1.165, 1.54) is 20.4 Å². The quantitative estimate of drug-likeness (QED) is 0.826. The number of carboxylic acids is 1. The third kappa shape index (κ3) is 11.7. The van der Waals surface area contributed by atoms with E-state index in [0.29, 0.717) is 0 Å². The summed E-state index contributed by atoms with van der Waals surface area (Å²) in [6.45, 7) is 10.4. The largest absolute Gasteiger partial charge is 0.480 e. The zero-order valence-electron chi connectivity index (χ0n) is 14.0. The highest BCUT2D eigenvalue weighted by Crippen LogP contribution is 2.10. The molecule has 0 radical (unpaired) electrons. The number of hydrogen-bond donors (Lipinski definition) is 2. The number of carboxylic acid groups (broad SMARTS) is 1. The van der Waals surface area contributed by atoms with Gasteiger partial charge in [0.25, 0.3) is 0 Å². The minimum absolute atomic E-state index is 0.481. The molecular formula is C14H28N2O5. The van der Waals surface area contributed by atoms with Crippen molar-refractivity contribution in [1.29, 1.82) is 0 Å². The molecule has 0 heterocycles. The summed E-state index contributed by atoms with van der Waals surface area (Å²) in [6.07, 6.45) is 0.612. The normalized spacial score (nSPS) is 11.6. The Balaban J connectivity index is 0. The summed E-state index contributed by atoms with van der Waals surface area (Å²) in [5, 5.41) is 10.6. The van der Waals surface area contributed by atoms with Crippen molar-refractivity contribution in [3.05, 3.63) is 0 Å². The number of likely N-dealkylation sites (N-methyl/N-ethyl adjacent to an activating group) is 1. The van der Waals surface area contributed by atoms with Crippen molar-refractivity contribution in [2.75, 3.05) is 13.6 Å². The zero-order chi connectivity index (χ0) is 17.2. The maximum absolute atomic E-state index is 11.7. The number of carbonyl (C=O) groups is 3. The number of amides is 2. The molecule has 1 unspecified atom stereocenters. The fourth-order valence-corrected chi connectivity index (χ4v) is 0.978. The summed E-state index contributed by atoms with van der Waals surface area (Å²) in [7, 11) is 1.42. The Morgan fingerprint density at radius 3 is 2.00 bits per heavy atom. The van der Waals surface area contributed by atoms with Gasteiger partial charge in [0.2, 0.25) is 5.91 Å². The Hall–Kier alpha value is -1.79. The van der Waals surface area contributed by atoms with Crippen LogP contribution in [0.15, 0.2) is 0 Å². The Bertz CT molecular complexity index is 350. The lowest BCUT2D eigenvalue weighted by atomic mass is 10.2. The van der Waals surface area contributed by atoms with Crippen LogP contribution in [-0.2, 0) is 14.3 Å². The Kier molecular flexibility index (Phi) is 10.3. The summed E-state index contributed by atoms with van der Waals surface area (Å²) in [5.41, 5.74) is -0.650.